The van der Waals surface area contributed by atoms with Crippen molar-refractivity contribution in [3.05, 3.63) is 0 Å². The van der Waals surface area contributed by atoms with Crippen LogP contribution in [0.2, 0.25) is 0 Å². The molecule has 1 aliphatic heterocycles. The second-order valence-corrected chi connectivity index (χ2v) is 6.17. The molecule has 2 saturated carbocycles. The first-order valence-electron chi connectivity index (χ1n) is 7.38. The van der Waals surface area contributed by atoms with Crippen LogP contribution < -0.4 is 5.73 Å². The number of carbonyl (C=O) groups excluding carboxylic acids is 1. The Balaban J connectivity index is 1.62. The maximum absolute atomic E-state index is 11.9. The molecule has 2 N–H and O–H groups in total. The SMILES string of the molecule is NC1=NC(=O)N(CC2CC2)C1CC1CCCCC1. The highest BCUT2D eigenvalue weighted by atomic mass is 16.2. The number of nitrogens with zero attached hydrogens (tertiary/aromatic N) is 2. The molecule has 100 valence electrons. The molecule has 0 aromatic rings. The van der Waals surface area contributed by atoms with Gasteiger partial charge >= 0.3 is 6.03 Å². The van der Waals surface area contributed by atoms with E-state index >= 15 is 0 Å². The molecular weight excluding hydrogens is 226 g/mol. The number of carbonyl (C=O) groups is 1. The average Bonchev–Trinajstić information content (AvgIpc) is 3.14. The quantitative estimate of drug-likeness (QED) is 0.832. The fourth-order valence-electron chi connectivity index (χ4n) is 3.31. The van der Waals surface area contributed by atoms with Crippen LogP contribution in [0.4, 0.5) is 4.79 Å². The van der Waals surface area contributed by atoms with Gasteiger partial charge in [-0.3, -0.25) is 0 Å². The third-order valence-corrected chi connectivity index (χ3v) is 4.62. The highest BCUT2D eigenvalue weighted by Gasteiger charge is 2.38. The molecule has 4 heteroatoms. The lowest BCUT2D eigenvalue weighted by atomic mass is 9.84. The van der Waals surface area contributed by atoms with Gasteiger partial charge in [0.05, 0.1) is 6.04 Å². The summed E-state index contributed by atoms with van der Waals surface area (Å²) in [7, 11) is 0. The number of aliphatic imine (C=N–C) groups is 1. The normalized spacial score (nSPS) is 29.8. The van der Waals surface area contributed by atoms with Gasteiger partial charge in [0.15, 0.2) is 0 Å². The van der Waals surface area contributed by atoms with Gasteiger partial charge in [0, 0.05) is 6.54 Å². The van der Waals surface area contributed by atoms with E-state index in [0.29, 0.717) is 11.8 Å². The molecule has 0 spiro atoms. The molecule has 0 bridgehead atoms. The monoisotopic (exact) mass is 249 g/mol. The number of rotatable bonds is 4. The lowest BCUT2D eigenvalue weighted by Gasteiger charge is -2.29. The maximum atomic E-state index is 11.9. The highest BCUT2D eigenvalue weighted by molar-refractivity contribution is 6.02. The molecule has 0 saturated heterocycles. The summed E-state index contributed by atoms with van der Waals surface area (Å²) in [6, 6.07) is 0.00131. The van der Waals surface area contributed by atoms with E-state index in [0.717, 1.165) is 18.9 Å². The Hall–Kier alpha value is -1.06. The zero-order valence-corrected chi connectivity index (χ0v) is 11.0. The zero-order valence-electron chi connectivity index (χ0n) is 11.0. The van der Waals surface area contributed by atoms with E-state index in [-0.39, 0.29) is 12.1 Å². The van der Waals surface area contributed by atoms with E-state index in [1.165, 1.54) is 44.9 Å². The first kappa shape index (κ1) is 12.0. The van der Waals surface area contributed by atoms with E-state index in [2.05, 4.69) is 4.99 Å². The van der Waals surface area contributed by atoms with Gasteiger partial charge < -0.3 is 10.6 Å². The Bertz CT molecular complexity index is 356. The van der Waals surface area contributed by atoms with Crippen molar-refractivity contribution in [2.45, 2.75) is 57.4 Å². The molecule has 0 aromatic carbocycles. The van der Waals surface area contributed by atoms with Crippen molar-refractivity contribution in [2.75, 3.05) is 6.54 Å². The third-order valence-electron chi connectivity index (χ3n) is 4.62. The smallest absolute Gasteiger partial charge is 0.345 e. The van der Waals surface area contributed by atoms with Crippen LogP contribution in [0.1, 0.15) is 51.4 Å². The molecular formula is C14H23N3O. The van der Waals surface area contributed by atoms with Gasteiger partial charge in [-0.15, -0.1) is 0 Å². The number of nitrogens with two attached hydrogens (primary N) is 1. The van der Waals surface area contributed by atoms with E-state index in [1.54, 1.807) is 0 Å². The molecule has 1 atom stereocenters. The molecule has 18 heavy (non-hydrogen) atoms. The van der Waals surface area contributed by atoms with Gasteiger partial charge in [-0.1, -0.05) is 32.1 Å². The van der Waals surface area contributed by atoms with E-state index in [9.17, 15) is 4.79 Å². The van der Waals surface area contributed by atoms with Crippen molar-refractivity contribution in [2.24, 2.45) is 22.6 Å². The number of hydrogen-bond acceptors (Lipinski definition) is 2. The van der Waals surface area contributed by atoms with Crippen LogP contribution in [0, 0.1) is 11.8 Å². The molecule has 1 unspecified atom stereocenters. The van der Waals surface area contributed by atoms with Crippen LogP contribution >= 0.6 is 0 Å². The van der Waals surface area contributed by atoms with Gasteiger partial charge in [-0.2, -0.15) is 4.99 Å². The van der Waals surface area contributed by atoms with E-state index in [4.69, 9.17) is 5.73 Å². The molecule has 1 heterocycles. The Morgan fingerprint density at radius 3 is 2.50 bits per heavy atom. The summed E-state index contributed by atoms with van der Waals surface area (Å²) < 4.78 is 0. The van der Waals surface area contributed by atoms with Crippen molar-refractivity contribution in [3.63, 3.8) is 0 Å². The maximum Gasteiger partial charge on any atom is 0.345 e. The summed E-state index contributed by atoms with van der Waals surface area (Å²) in [6.45, 7) is 0.875. The van der Waals surface area contributed by atoms with Crippen LogP contribution in [-0.2, 0) is 0 Å². The van der Waals surface area contributed by atoms with Gasteiger partial charge in [0.25, 0.3) is 0 Å². The summed E-state index contributed by atoms with van der Waals surface area (Å²) >= 11 is 0. The summed E-state index contributed by atoms with van der Waals surface area (Å²) in [5.41, 5.74) is 5.96. The van der Waals surface area contributed by atoms with E-state index < -0.39 is 0 Å². The number of hydrogen-bond donors (Lipinski definition) is 1. The summed E-state index contributed by atoms with van der Waals surface area (Å²) in [4.78, 5) is 17.8. The minimum absolute atomic E-state index is 0.0970. The van der Waals surface area contributed by atoms with Gasteiger partial charge in [0.2, 0.25) is 0 Å². The Morgan fingerprint density at radius 1 is 1.11 bits per heavy atom. The van der Waals surface area contributed by atoms with Crippen LogP contribution in [0.5, 0.6) is 0 Å². The molecule has 3 aliphatic rings. The summed E-state index contributed by atoms with van der Waals surface area (Å²) in [6.07, 6.45) is 10.2. The predicted octanol–water partition coefficient (Wildman–Crippen LogP) is 2.53. The molecule has 2 fully saturated rings. The molecule has 3 rings (SSSR count). The van der Waals surface area contributed by atoms with Crippen LogP contribution in [0.15, 0.2) is 4.99 Å². The Kier molecular flexibility index (Phi) is 3.27. The number of urea groups is 1. The average molecular weight is 249 g/mol. The van der Waals surface area contributed by atoms with Gasteiger partial charge in [0.1, 0.15) is 5.84 Å². The van der Waals surface area contributed by atoms with Crippen molar-refractivity contribution in [3.8, 4) is 0 Å². The molecule has 4 nitrogen and oxygen atoms in total. The molecule has 0 radical (unpaired) electrons. The standard InChI is InChI=1S/C14H23N3O/c15-13-12(8-10-4-2-1-3-5-10)17(14(18)16-13)9-11-6-7-11/h10-12H,1-9H2,(H2,15,16,18). The number of amidine groups is 1. The number of amides is 2. The Labute approximate surface area is 109 Å². The first-order chi connectivity index (χ1) is 8.74. The van der Waals surface area contributed by atoms with Crippen molar-refractivity contribution >= 4 is 11.9 Å². The second-order valence-electron chi connectivity index (χ2n) is 6.17. The molecule has 0 aromatic heterocycles. The van der Waals surface area contributed by atoms with Crippen LogP contribution in [-0.4, -0.2) is 29.4 Å². The van der Waals surface area contributed by atoms with Crippen molar-refractivity contribution in [1.82, 2.24) is 4.90 Å². The van der Waals surface area contributed by atoms with Crippen molar-refractivity contribution < 1.29 is 4.79 Å². The summed E-state index contributed by atoms with van der Waals surface area (Å²) in [5, 5.41) is 0. The fourth-order valence-corrected chi connectivity index (χ4v) is 3.31. The molecule has 2 aliphatic carbocycles. The highest BCUT2D eigenvalue weighted by Crippen LogP contribution is 2.34. The minimum Gasteiger partial charge on any atom is -0.385 e. The van der Waals surface area contributed by atoms with E-state index in [1.807, 2.05) is 4.90 Å². The zero-order chi connectivity index (χ0) is 12.5. The van der Waals surface area contributed by atoms with Gasteiger partial charge in [-0.25, -0.2) is 4.79 Å². The van der Waals surface area contributed by atoms with Crippen LogP contribution in [0.3, 0.4) is 0 Å². The topological polar surface area (TPSA) is 58.7 Å². The predicted molar refractivity (Wildman–Crippen MR) is 71.4 cm³/mol. The fraction of sp³-hybridized carbons (Fsp3) is 0.857. The first-order valence-corrected chi connectivity index (χ1v) is 7.38. The molecule has 2 amide bonds. The van der Waals surface area contributed by atoms with Crippen LogP contribution in [0.25, 0.3) is 0 Å². The largest absolute Gasteiger partial charge is 0.385 e. The lowest BCUT2D eigenvalue weighted by molar-refractivity contribution is 0.190. The summed E-state index contributed by atoms with van der Waals surface area (Å²) in [5.74, 6) is 2.01. The second kappa shape index (κ2) is 4.90. The lowest BCUT2D eigenvalue weighted by Crippen LogP contribution is -2.43. The van der Waals surface area contributed by atoms with Gasteiger partial charge in [-0.05, 0) is 31.1 Å². The minimum atomic E-state index is -0.0970. The third kappa shape index (κ3) is 2.52. The Morgan fingerprint density at radius 2 is 1.83 bits per heavy atom. The van der Waals surface area contributed by atoms with Crippen molar-refractivity contribution in [1.29, 1.82) is 0 Å².